The molecule has 0 aliphatic heterocycles. The van der Waals surface area contributed by atoms with E-state index in [0.29, 0.717) is 30.2 Å². The van der Waals surface area contributed by atoms with Crippen molar-refractivity contribution >= 4 is 21.6 Å². The van der Waals surface area contributed by atoms with Gasteiger partial charge in [-0.2, -0.15) is 0 Å². The standard InChI is InChI=1S/C25H28N2O5S/c1-27(33(29,30)22-7-5-4-6-8-22)21-12-9-19(10-13-21)18-25(28)26-16-15-20-11-14-23(31-2)24(17-20)32-3/h4-14,17H,15-16,18H2,1-3H3,(H,26,28). The molecule has 1 N–H and O–H groups in total. The second-order valence-corrected chi connectivity index (χ2v) is 9.39. The number of hydrogen-bond donors (Lipinski definition) is 1. The molecule has 0 aliphatic carbocycles. The molecular weight excluding hydrogens is 440 g/mol. The molecule has 33 heavy (non-hydrogen) atoms. The number of anilines is 1. The molecular formula is C25H28N2O5S. The smallest absolute Gasteiger partial charge is 0.264 e. The molecule has 0 unspecified atom stereocenters. The van der Waals surface area contributed by atoms with Crippen LogP contribution in [0.2, 0.25) is 0 Å². The number of benzene rings is 3. The summed E-state index contributed by atoms with van der Waals surface area (Å²) in [6.45, 7) is 0.491. The first kappa shape index (κ1) is 24.1. The van der Waals surface area contributed by atoms with Crippen molar-refractivity contribution in [2.75, 3.05) is 32.1 Å². The van der Waals surface area contributed by atoms with Crippen LogP contribution in [0.4, 0.5) is 5.69 Å². The largest absolute Gasteiger partial charge is 0.493 e. The highest BCUT2D eigenvalue weighted by Gasteiger charge is 2.20. The van der Waals surface area contributed by atoms with E-state index in [1.807, 2.05) is 18.2 Å². The predicted molar refractivity (Wildman–Crippen MR) is 128 cm³/mol. The summed E-state index contributed by atoms with van der Waals surface area (Å²) in [5.41, 5.74) is 2.35. The van der Waals surface area contributed by atoms with E-state index in [1.54, 1.807) is 68.8 Å². The SMILES string of the molecule is COc1ccc(CCNC(=O)Cc2ccc(N(C)S(=O)(=O)c3ccccc3)cc2)cc1OC. The topological polar surface area (TPSA) is 84.9 Å². The average molecular weight is 469 g/mol. The van der Waals surface area contributed by atoms with Crippen LogP contribution in [0.3, 0.4) is 0 Å². The van der Waals surface area contributed by atoms with E-state index in [2.05, 4.69) is 5.32 Å². The third-order valence-electron chi connectivity index (χ3n) is 5.25. The zero-order valence-electron chi connectivity index (χ0n) is 18.9. The molecule has 0 saturated heterocycles. The molecule has 7 nitrogen and oxygen atoms in total. The first-order valence-electron chi connectivity index (χ1n) is 10.5. The van der Waals surface area contributed by atoms with E-state index < -0.39 is 10.0 Å². The van der Waals surface area contributed by atoms with Gasteiger partial charge < -0.3 is 14.8 Å². The van der Waals surface area contributed by atoms with E-state index in [-0.39, 0.29) is 17.2 Å². The molecule has 0 radical (unpaired) electrons. The quantitative estimate of drug-likeness (QED) is 0.493. The van der Waals surface area contributed by atoms with E-state index in [9.17, 15) is 13.2 Å². The molecule has 174 valence electrons. The zero-order chi connectivity index (χ0) is 23.8. The molecule has 0 saturated carbocycles. The number of nitrogens with zero attached hydrogens (tertiary/aromatic N) is 1. The van der Waals surface area contributed by atoms with Crippen molar-refractivity contribution in [1.29, 1.82) is 0 Å². The highest BCUT2D eigenvalue weighted by molar-refractivity contribution is 7.92. The maximum absolute atomic E-state index is 12.8. The van der Waals surface area contributed by atoms with Gasteiger partial charge in [-0.25, -0.2) is 8.42 Å². The lowest BCUT2D eigenvalue weighted by molar-refractivity contribution is -0.120. The number of hydrogen-bond acceptors (Lipinski definition) is 5. The highest BCUT2D eigenvalue weighted by Crippen LogP contribution is 2.27. The molecule has 0 bridgehead atoms. The second-order valence-electron chi connectivity index (χ2n) is 7.42. The zero-order valence-corrected chi connectivity index (χ0v) is 19.8. The third kappa shape index (κ3) is 6.04. The molecule has 0 aromatic heterocycles. The van der Waals surface area contributed by atoms with Crippen LogP contribution in [0.1, 0.15) is 11.1 Å². The van der Waals surface area contributed by atoms with Crippen LogP contribution in [0.25, 0.3) is 0 Å². The van der Waals surface area contributed by atoms with Crippen LogP contribution in [0, 0.1) is 0 Å². The molecule has 3 aromatic rings. The number of carbonyl (C=O) groups excluding carboxylic acids is 1. The Morgan fingerprint density at radius 1 is 0.879 bits per heavy atom. The van der Waals surface area contributed by atoms with Crippen LogP contribution in [-0.4, -0.2) is 42.1 Å². The van der Waals surface area contributed by atoms with Crippen LogP contribution in [0.15, 0.2) is 77.7 Å². The predicted octanol–water partition coefficient (Wildman–Crippen LogP) is 3.43. The Morgan fingerprint density at radius 2 is 1.52 bits per heavy atom. The fraction of sp³-hybridized carbons (Fsp3) is 0.240. The lowest BCUT2D eigenvalue weighted by Crippen LogP contribution is -2.27. The van der Waals surface area contributed by atoms with Crippen LogP contribution >= 0.6 is 0 Å². The van der Waals surface area contributed by atoms with Crippen molar-refractivity contribution in [3.8, 4) is 11.5 Å². The Bertz CT molecular complexity index is 1180. The highest BCUT2D eigenvalue weighted by atomic mass is 32.2. The molecule has 8 heteroatoms. The molecule has 3 aromatic carbocycles. The lowest BCUT2D eigenvalue weighted by Gasteiger charge is -2.19. The van der Waals surface area contributed by atoms with E-state index >= 15 is 0 Å². The van der Waals surface area contributed by atoms with Gasteiger partial charge >= 0.3 is 0 Å². The van der Waals surface area contributed by atoms with Crippen molar-refractivity contribution < 1.29 is 22.7 Å². The van der Waals surface area contributed by atoms with Crippen LogP contribution < -0.4 is 19.1 Å². The number of methoxy groups -OCH3 is 2. The van der Waals surface area contributed by atoms with Gasteiger partial charge in [0, 0.05) is 13.6 Å². The van der Waals surface area contributed by atoms with E-state index in [1.165, 1.54) is 11.4 Å². The first-order chi connectivity index (χ1) is 15.8. The number of nitrogens with one attached hydrogen (secondary N) is 1. The van der Waals surface area contributed by atoms with Gasteiger partial charge in [-0.15, -0.1) is 0 Å². The van der Waals surface area contributed by atoms with E-state index in [4.69, 9.17) is 9.47 Å². The fourth-order valence-electron chi connectivity index (χ4n) is 3.34. The molecule has 0 fully saturated rings. The van der Waals surface area contributed by atoms with Crippen LogP contribution in [0.5, 0.6) is 11.5 Å². The maximum Gasteiger partial charge on any atom is 0.264 e. The summed E-state index contributed by atoms with van der Waals surface area (Å²) in [5.74, 6) is 1.21. The summed E-state index contributed by atoms with van der Waals surface area (Å²) in [4.78, 5) is 12.6. The maximum atomic E-state index is 12.8. The Labute approximate surface area is 195 Å². The molecule has 1 amide bonds. The van der Waals surface area contributed by atoms with Gasteiger partial charge in [-0.1, -0.05) is 36.4 Å². The minimum absolute atomic E-state index is 0.103. The van der Waals surface area contributed by atoms with Crippen molar-refractivity contribution in [3.63, 3.8) is 0 Å². The molecule has 0 aliphatic rings. The normalized spacial score (nSPS) is 11.0. The van der Waals surface area contributed by atoms with Crippen molar-refractivity contribution in [3.05, 3.63) is 83.9 Å². The summed E-state index contributed by atoms with van der Waals surface area (Å²) in [7, 11) is 1.05. The van der Waals surface area contributed by atoms with Gasteiger partial charge in [0.25, 0.3) is 10.0 Å². The number of rotatable bonds is 10. The summed E-state index contributed by atoms with van der Waals surface area (Å²) < 4.78 is 37.3. The Kier molecular flexibility index (Phi) is 7.95. The Morgan fingerprint density at radius 3 is 2.15 bits per heavy atom. The molecule has 0 heterocycles. The lowest BCUT2D eigenvalue weighted by atomic mass is 10.1. The fourth-order valence-corrected chi connectivity index (χ4v) is 4.56. The minimum atomic E-state index is -3.64. The van der Waals surface area contributed by atoms with Crippen molar-refractivity contribution in [2.45, 2.75) is 17.7 Å². The van der Waals surface area contributed by atoms with Gasteiger partial charge in [0.2, 0.25) is 5.91 Å². The van der Waals surface area contributed by atoms with Crippen molar-refractivity contribution in [2.24, 2.45) is 0 Å². The number of ether oxygens (including phenoxy) is 2. The first-order valence-corrected chi connectivity index (χ1v) is 11.9. The molecule has 0 spiro atoms. The van der Waals surface area contributed by atoms with Gasteiger partial charge in [0.1, 0.15) is 0 Å². The van der Waals surface area contributed by atoms with E-state index in [0.717, 1.165) is 11.1 Å². The summed E-state index contributed by atoms with van der Waals surface area (Å²) in [5, 5.41) is 2.91. The number of amides is 1. The van der Waals surface area contributed by atoms with Gasteiger partial charge in [0.05, 0.1) is 31.2 Å². The Hall–Kier alpha value is -3.52. The van der Waals surface area contributed by atoms with Gasteiger partial charge in [-0.3, -0.25) is 9.10 Å². The van der Waals surface area contributed by atoms with Crippen molar-refractivity contribution in [1.82, 2.24) is 5.32 Å². The van der Waals surface area contributed by atoms with Gasteiger partial charge in [-0.05, 0) is 53.9 Å². The number of sulfonamides is 1. The molecule has 0 atom stereocenters. The molecule has 3 rings (SSSR count). The second kappa shape index (κ2) is 10.9. The summed E-state index contributed by atoms with van der Waals surface area (Å²) >= 11 is 0. The Balaban J connectivity index is 1.54. The third-order valence-corrected chi connectivity index (χ3v) is 7.05. The number of carbonyl (C=O) groups is 1. The average Bonchev–Trinajstić information content (AvgIpc) is 2.84. The summed E-state index contributed by atoms with van der Waals surface area (Å²) in [6, 6.07) is 20.9. The monoisotopic (exact) mass is 468 g/mol. The van der Waals surface area contributed by atoms with Crippen LogP contribution in [-0.2, 0) is 27.7 Å². The minimum Gasteiger partial charge on any atom is -0.493 e. The van der Waals surface area contributed by atoms with Gasteiger partial charge in [0.15, 0.2) is 11.5 Å². The summed E-state index contributed by atoms with van der Waals surface area (Å²) in [6.07, 6.45) is 0.870.